The summed E-state index contributed by atoms with van der Waals surface area (Å²) in [6, 6.07) is 9.11. The van der Waals surface area contributed by atoms with Crippen molar-refractivity contribution in [2.75, 3.05) is 13.7 Å². The number of benzene rings is 3. The van der Waals surface area contributed by atoms with Crippen LogP contribution in [0.2, 0.25) is 0 Å². The van der Waals surface area contributed by atoms with E-state index in [-0.39, 0.29) is 39.2 Å². The van der Waals surface area contributed by atoms with Gasteiger partial charge in [0.15, 0.2) is 11.0 Å². The molecule has 3 aromatic carbocycles. The minimum Gasteiger partial charge on any atom is -0.508 e. The van der Waals surface area contributed by atoms with E-state index < -0.39 is 11.2 Å². The van der Waals surface area contributed by atoms with Crippen LogP contribution in [0.5, 0.6) is 34.5 Å². The monoisotopic (exact) mass is 694 g/mol. The third-order valence-corrected chi connectivity index (χ3v) is 9.05. The first-order valence-corrected chi connectivity index (χ1v) is 16.8. The molecule has 0 amide bonds. The van der Waals surface area contributed by atoms with Gasteiger partial charge in [-0.2, -0.15) is 0 Å². The third-order valence-electron chi connectivity index (χ3n) is 9.05. The second-order valence-electron chi connectivity index (χ2n) is 13.9. The highest BCUT2D eigenvalue weighted by Gasteiger charge is 2.32. The molecule has 5 aromatic rings. The summed E-state index contributed by atoms with van der Waals surface area (Å²) in [6.45, 7) is 12.3. The van der Waals surface area contributed by atoms with E-state index in [0.717, 1.165) is 17.6 Å². The van der Waals surface area contributed by atoms with E-state index >= 15 is 0 Å². The highest BCUT2D eigenvalue weighted by molar-refractivity contribution is 6.02. The first kappa shape index (κ1) is 35.2. The van der Waals surface area contributed by atoms with Gasteiger partial charge in [-0.25, -0.2) is 4.79 Å². The number of aryl methyl sites for hydroxylation is 1. The van der Waals surface area contributed by atoms with Crippen molar-refractivity contribution in [1.29, 1.82) is 0 Å². The minimum atomic E-state index is -0.694. The molecule has 266 valence electrons. The van der Waals surface area contributed by atoms with Crippen LogP contribution < -0.4 is 25.3 Å². The molecule has 0 spiro atoms. The van der Waals surface area contributed by atoms with Gasteiger partial charge in [0.05, 0.1) is 19.3 Å². The first-order chi connectivity index (χ1) is 24.2. The highest BCUT2D eigenvalue weighted by atomic mass is 16.5. The Morgan fingerprint density at radius 3 is 2.43 bits per heavy atom. The number of aromatic hydroxyl groups is 3. The molecule has 0 bridgehead atoms. The van der Waals surface area contributed by atoms with Gasteiger partial charge in [-0.15, -0.1) is 0 Å². The van der Waals surface area contributed by atoms with Gasteiger partial charge in [0.25, 0.3) is 0 Å². The van der Waals surface area contributed by atoms with E-state index in [1.807, 2.05) is 39.8 Å². The maximum Gasteiger partial charge on any atom is 0.348 e. The van der Waals surface area contributed by atoms with E-state index in [0.29, 0.717) is 76.0 Å². The summed E-state index contributed by atoms with van der Waals surface area (Å²) in [7, 11) is 1.52. The lowest BCUT2D eigenvalue weighted by Crippen LogP contribution is -2.28. The molecular formula is C41H42O10. The normalized spacial score (nSPS) is 15.8. The third kappa shape index (κ3) is 6.78. The van der Waals surface area contributed by atoms with Crippen LogP contribution in [0, 0.1) is 12.8 Å². The zero-order chi connectivity index (χ0) is 36.8. The maximum atomic E-state index is 12.9. The molecule has 0 saturated carbocycles. The summed E-state index contributed by atoms with van der Waals surface area (Å²) in [5.74, 6) is 2.37. The molecule has 2 aliphatic rings. The van der Waals surface area contributed by atoms with Gasteiger partial charge >= 0.3 is 5.63 Å². The quantitative estimate of drug-likeness (QED) is 0.124. The van der Waals surface area contributed by atoms with Gasteiger partial charge < -0.3 is 38.4 Å². The maximum absolute atomic E-state index is 12.9. The number of hydrogen-bond donors (Lipinski definition) is 3. The predicted molar refractivity (Wildman–Crippen MR) is 197 cm³/mol. The van der Waals surface area contributed by atoms with Crippen molar-refractivity contribution >= 4 is 28.0 Å². The van der Waals surface area contributed by atoms with Crippen molar-refractivity contribution in [2.24, 2.45) is 5.92 Å². The molecule has 0 aliphatic carbocycles. The smallest absolute Gasteiger partial charge is 0.348 e. The first-order valence-electron chi connectivity index (χ1n) is 16.8. The lowest BCUT2D eigenvalue weighted by Gasteiger charge is -2.31. The van der Waals surface area contributed by atoms with Gasteiger partial charge in [0.1, 0.15) is 67.8 Å². The van der Waals surface area contributed by atoms with Crippen molar-refractivity contribution < 1.29 is 38.4 Å². The van der Waals surface area contributed by atoms with E-state index in [1.165, 1.54) is 25.3 Å². The number of ether oxygens (including phenoxy) is 3. The number of allylic oxidation sites excluding steroid dienone is 2. The van der Waals surface area contributed by atoms with Crippen molar-refractivity contribution in [1.82, 2.24) is 0 Å². The Kier molecular flexibility index (Phi) is 9.37. The fourth-order valence-electron chi connectivity index (χ4n) is 6.41. The molecule has 10 nitrogen and oxygen atoms in total. The van der Waals surface area contributed by atoms with Crippen LogP contribution >= 0.6 is 0 Å². The summed E-state index contributed by atoms with van der Waals surface area (Å²) >= 11 is 0. The SMILES string of the molecule is COc1c(CC=C(C)C)c2c(c3oc(=O)c(-c4ccc(O)cc4)c(O)c13)C=CC(C)(C)O2.Cc1cc(=O)c2c(O)c3c(cc2o1)OCC(C)CC3. The van der Waals surface area contributed by atoms with Gasteiger partial charge in [0, 0.05) is 23.3 Å². The average Bonchev–Trinajstić information content (AvgIpc) is 3.25. The fraction of sp³-hybridized carbons (Fsp3) is 0.317. The van der Waals surface area contributed by atoms with Gasteiger partial charge in [-0.05, 0) is 89.6 Å². The number of rotatable bonds is 4. The zero-order valence-electron chi connectivity index (χ0n) is 29.8. The number of methoxy groups -OCH3 is 1. The molecule has 10 heteroatoms. The Morgan fingerprint density at radius 1 is 1.02 bits per heavy atom. The Hall–Kier alpha value is -5.64. The Labute approximate surface area is 294 Å². The Bertz CT molecular complexity index is 2330. The second-order valence-corrected chi connectivity index (χ2v) is 13.9. The molecule has 1 unspecified atom stereocenters. The van der Waals surface area contributed by atoms with Gasteiger partial charge in [-0.1, -0.05) is 30.7 Å². The van der Waals surface area contributed by atoms with E-state index in [2.05, 4.69) is 13.0 Å². The molecule has 2 aromatic heterocycles. The zero-order valence-corrected chi connectivity index (χ0v) is 29.8. The standard InChI is InChI=1S/C26H26O6.C15H16O4/c1-14(2)6-11-17-22-18(12-13-26(3,4)32-22)24-20(23(17)30-5)21(28)19(25(29)31-24)15-7-9-16(27)10-8-15;1-8-3-4-10-12(18-7-8)6-13-14(15(10)17)11(16)5-9(2)19-13/h6-10,12-13,27-28H,11H2,1-5H3;5-6,8,17H,3-4,7H2,1-2H3. The minimum absolute atomic E-state index is 0.00458. The average molecular weight is 695 g/mol. The summed E-state index contributed by atoms with van der Waals surface area (Å²) in [5, 5.41) is 31.8. The van der Waals surface area contributed by atoms with E-state index in [9.17, 15) is 24.9 Å². The summed E-state index contributed by atoms with van der Waals surface area (Å²) < 4.78 is 29.0. The molecule has 51 heavy (non-hydrogen) atoms. The number of phenolic OH excluding ortho intramolecular Hbond substituents is 2. The van der Waals surface area contributed by atoms with Crippen LogP contribution in [0.4, 0.5) is 0 Å². The van der Waals surface area contributed by atoms with Crippen molar-refractivity contribution in [2.45, 2.75) is 66.4 Å². The molecule has 7 rings (SSSR count). The molecule has 0 fully saturated rings. The number of phenols is 2. The van der Waals surface area contributed by atoms with Crippen LogP contribution in [-0.4, -0.2) is 34.6 Å². The summed E-state index contributed by atoms with van der Waals surface area (Å²) in [5.41, 5.74) is 2.74. The topological polar surface area (TPSA) is 149 Å². The number of hydrogen-bond acceptors (Lipinski definition) is 10. The molecule has 3 N–H and O–H groups in total. The van der Waals surface area contributed by atoms with Crippen LogP contribution in [0.25, 0.3) is 39.1 Å². The molecule has 4 heterocycles. The molecular weight excluding hydrogens is 652 g/mol. The van der Waals surface area contributed by atoms with Crippen LogP contribution in [0.15, 0.2) is 72.5 Å². The van der Waals surface area contributed by atoms with Crippen molar-refractivity contribution in [3.63, 3.8) is 0 Å². The van der Waals surface area contributed by atoms with Crippen LogP contribution in [0.3, 0.4) is 0 Å². The van der Waals surface area contributed by atoms with Crippen LogP contribution in [0.1, 0.15) is 63.5 Å². The lowest BCUT2D eigenvalue weighted by molar-refractivity contribution is 0.157. The lowest BCUT2D eigenvalue weighted by atomic mass is 9.93. The summed E-state index contributed by atoms with van der Waals surface area (Å²) in [6.07, 6.45) is 7.96. The molecule has 1 atom stereocenters. The fourth-order valence-corrected chi connectivity index (χ4v) is 6.41. The van der Waals surface area contributed by atoms with E-state index in [4.69, 9.17) is 23.0 Å². The van der Waals surface area contributed by atoms with Crippen molar-refractivity contribution in [3.05, 3.63) is 97.2 Å². The Balaban J connectivity index is 0.000000200. The van der Waals surface area contributed by atoms with Crippen LogP contribution in [-0.2, 0) is 12.8 Å². The molecule has 0 saturated heterocycles. The predicted octanol–water partition coefficient (Wildman–Crippen LogP) is 8.34. The molecule has 2 aliphatic heterocycles. The van der Waals surface area contributed by atoms with Gasteiger partial charge in [-0.3, -0.25) is 4.79 Å². The van der Waals surface area contributed by atoms with E-state index in [1.54, 1.807) is 25.1 Å². The largest absolute Gasteiger partial charge is 0.508 e. The molecule has 0 radical (unpaired) electrons. The van der Waals surface area contributed by atoms with Crippen molar-refractivity contribution in [3.8, 4) is 45.6 Å². The number of fused-ring (bicyclic) bond motifs is 5. The highest BCUT2D eigenvalue weighted by Crippen LogP contribution is 2.49. The summed E-state index contributed by atoms with van der Waals surface area (Å²) in [4.78, 5) is 24.9. The second kappa shape index (κ2) is 13.6. The van der Waals surface area contributed by atoms with Gasteiger partial charge in [0.2, 0.25) is 0 Å². The Morgan fingerprint density at radius 2 is 1.75 bits per heavy atom.